The van der Waals surface area contributed by atoms with Gasteiger partial charge in [0, 0.05) is 18.7 Å². The molecule has 2 N–H and O–H groups in total. The second kappa shape index (κ2) is 8.12. The zero-order valence-electron chi connectivity index (χ0n) is 12.1. The summed E-state index contributed by atoms with van der Waals surface area (Å²) in [6.07, 6.45) is 0.984. The fourth-order valence-corrected chi connectivity index (χ4v) is 2.82. The minimum Gasteiger partial charge on any atom is -0.494 e. The van der Waals surface area contributed by atoms with E-state index in [1.54, 1.807) is 11.3 Å². The molecule has 2 rings (SSSR count). The molecule has 0 spiro atoms. The highest BCUT2D eigenvalue weighted by Gasteiger charge is 2.02. The molecule has 112 valence electrons. The molecule has 0 amide bonds. The summed E-state index contributed by atoms with van der Waals surface area (Å²) >= 11 is 6.70. The summed E-state index contributed by atoms with van der Waals surface area (Å²) < 4.78 is 5.74. The third-order valence-electron chi connectivity index (χ3n) is 3.10. The van der Waals surface area contributed by atoms with Crippen LogP contribution < -0.4 is 10.5 Å². The third-order valence-corrected chi connectivity index (χ3v) is 4.07. The maximum Gasteiger partial charge on any atom is 0.119 e. The largest absolute Gasteiger partial charge is 0.494 e. The highest BCUT2D eigenvalue weighted by molar-refractivity contribution is 7.80. The van der Waals surface area contributed by atoms with Crippen molar-refractivity contribution in [2.75, 3.05) is 20.2 Å². The Bertz CT molecular complexity index is 569. The topological polar surface area (TPSA) is 38.5 Å². The Morgan fingerprint density at radius 3 is 2.95 bits per heavy atom. The van der Waals surface area contributed by atoms with Crippen LogP contribution in [0.5, 0.6) is 5.75 Å². The molecule has 0 aliphatic carbocycles. The van der Waals surface area contributed by atoms with Gasteiger partial charge in [-0.05, 0) is 48.0 Å². The van der Waals surface area contributed by atoms with Gasteiger partial charge in [-0.2, -0.15) is 11.3 Å². The summed E-state index contributed by atoms with van der Waals surface area (Å²) in [6.45, 7) is 2.68. The van der Waals surface area contributed by atoms with E-state index in [0.29, 0.717) is 11.6 Å². The zero-order chi connectivity index (χ0) is 15.1. The third kappa shape index (κ3) is 5.46. The number of benzene rings is 1. The number of thiophene rings is 1. The van der Waals surface area contributed by atoms with Crippen molar-refractivity contribution in [3.8, 4) is 5.75 Å². The van der Waals surface area contributed by atoms with E-state index in [2.05, 4.69) is 28.8 Å². The summed E-state index contributed by atoms with van der Waals surface area (Å²) in [4.78, 5) is 2.70. The Hall–Kier alpha value is -1.43. The standard InChI is InChI=1S/C16H20N2OS2/c1-18(11-13-6-9-21-12-13)7-3-8-19-15-5-2-4-14(10-15)16(17)20/h2,4-6,9-10,12H,3,7-8,11H2,1H3,(H2,17,20). The molecule has 1 aromatic heterocycles. The second-order valence-corrected chi connectivity index (χ2v) is 6.18. The van der Waals surface area contributed by atoms with Crippen molar-refractivity contribution in [1.29, 1.82) is 0 Å². The number of rotatable bonds is 8. The Morgan fingerprint density at radius 2 is 2.24 bits per heavy atom. The van der Waals surface area contributed by atoms with Crippen LogP contribution in [0.1, 0.15) is 17.5 Å². The van der Waals surface area contributed by atoms with Gasteiger partial charge in [-0.3, -0.25) is 0 Å². The first kappa shape index (κ1) is 15.9. The van der Waals surface area contributed by atoms with E-state index in [4.69, 9.17) is 22.7 Å². The van der Waals surface area contributed by atoms with Crippen LogP contribution in [0.4, 0.5) is 0 Å². The van der Waals surface area contributed by atoms with Gasteiger partial charge in [0.25, 0.3) is 0 Å². The predicted molar refractivity (Wildman–Crippen MR) is 93.1 cm³/mol. The van der Waals surface area contributed by atoms with Crippen molar-refractivity contribution >= 4 is 28.5 Å². The lowest BCUT2D eigenvalue weighted by atomic mass is 10.2. The summed E-state index contributed by atoms with van der Waals surface area (Å²) in [6, 6.07) is 9.78. The van der Waals surface area contributed by atoms with Gasteiger partial charge >= 0.3 is 0 Å². The number of thiocarbonyl (C=S) groups is 1. The fraction of sp³-hybridized carbons (Fsp3) is 0.312. The lowest BCUT2D eigenvalue weighted by molar-refractivity contribution is 0.259. The number of nitrogens with two attached hydrogens (primary N) is 1. The first-order chi connectivity index (χ1) is 10.1. The summed E-state index contributed by atoms with van der Waals surface area (Å²) in [5.74, 6) is 0.820. The van der Waals surface area contributed by atoms with Gasteiger partial charge < -0.3 is 15.4 Å². The monoisotopic (exact) mass is 320 g/mol. The van der Waals surface area contributed by atoms with E-state index in [-0.39, 0.29) is 0 Å². The molecule has 5 heteroatoms. The minimum atomic E-state index is 0.399. The molecular formula is C16H20N2OS2. The second-order valence-electron chi connectivity index (χ2n) is 4.96. The average Bonchev–Trinajstić information content (AvgIpc) is 2.97. The number of nitrogens with zero attached hydrogens (tertiary/aromatic N) is 1. The highest BCUT2D eigenvalue weighted by atomic mass is 32.1. The van der Waals surface area contributed by atoms with E-state index in [1.165, 1.54) is 5.56 Å². The quantitative estimate of drug-likeness (QED) is 0.598. The van der Waals surface area contributed by atoms with Gasteiger partial charge in [-0.1, -0.05) is 24.4 Å². The van der Waals surface area contributed by atoms with Crippen LogP contribution in [0.25, 0.3) is 0 Å². The van der Waals surface area contributed by atoms with Crippen LogP contribution in [0.15, 0.2) is 41.1 Å². The smallest absolute Gasteiger partial charge is 0.119 e. The molecule has 0 atom stereocenters. The molecule has 1 heterocycles. The van der Waals surface area contributed by atoms with Crippen molar-refractivity contribution in [1.82, 2.24) is 4.90 Å². The molecule has 0 fully saturated rings. The number of hydrogen-bond donors (Lipinski definition) is 1. The molecule has 0 unspecified atom stereocenters. The molecule has 2 aromatic rings. The lowest BCUT2D eigenvalue weighted by Gasteiger charge is -2.16. The molecule has 0 bridgehead atoms. The number of ether oxygens (including phenoxy) is 1. The average molecular weight is 320 g/mol. The van der Waals surface area contributed by atoms with Gasteiger partial charge in [0.05, 0.1) is 6.61 Å². The molecule has 0 aliphatic heterocycles. The summed E-state index contributed by atoms with van der Waals surface area (Å²) in [5, 5.41) is 4.30. The summed E-state index contributed by atoms with van der Waals surface area (Å²) in [5.41, 5.74) is 7.82. The first-order valence-electron chi connectivity index (χ1n) is 6.87. The van der Waals surface area contributed by atoms with Gasteiger partial charge in [-0.15, -0.1) is 0 Å². The van der Waals surface area contributed by atoms with Crippen LogP contribution in [-0.4, -0.2) is 30.1 Å². The predicted octanol–water partition coefficient (Wildman–Crippen LogP) is 3.28. The Kier molecular flexibility index (Phi) is 6.17. The SMILES string of the molecule is CN(CCCOc1cccc(C(N)=S)c1)Cc1ccsc1. The molecule has 0 aliphatic rings. The van der Waals surface area contributed by atoms with Crippen LogP contribution in [0.2, 0.25) is 0 Å². The maximum absolute atomic E-state index is 5.74. The lowest BCUT2D eigenvalue weighted by Crippen LogP contribution is -2.20. The first-order valence-corrected chi connectivity index (χ1v) is 8.22. The van der Waals surface area contributed by atoms with Gasteiger partial charge in [0.2, 0.25) is 0 Å². The summed E-state index contributed by atoms with van der Waals surface area (Å²) in [7, 11) is 2.13. The van der Waals surface area contributed by atoms with E-state index in [0.717, 1.165) is 30.8 Å². The van der Waals surface area contributed by atoms with Crippen molar-refractivity contribution in [2.24, 2.45) is 5.73 Å². The van der Waals surface area contributed by atoms with Crippen LogP contribution in [0.3, 0.4) is 0 Å². The Balaban J connectivity index is 1.69. The van der Waals surface area contributed by atoms with Crippen molar-refractivity contribution in [3.63, 3.8) is 0 Å². The van der Waals surface area contributed by atoms with Crippen molar-refractivity contribution < 1.29 is 4.74 Å². The highest BCUT2D eigenvalue weighted by Crippen LogP contribution is 2.14. The van der Waals surface area contributed by atoms with Crippen LogP contribution in [0, 0.1) is 0 Å². The van der Waals surface area contributed by atoms with Crippen LogP contribution in [-0.2, 0) is 6.54 Å². The van der Waals surface area contributed by atoms with Gasteiger partial charge in [0.15, 0.2) is 0 Å². The van der Waals surface area contributed by atoms with E-state index in [9.17, 15) is 0 Å². The molecule has 0 radical (unpaired) electrons. The van der Waals surface area contributed by atoms with Gasteiger partial charge in [-0.25, -0.2) is 0 Å². The molecule has 0 saturated carbocycles. The minimum absolute atomic E-state index is 0.399. The van der Waals surface area contributed by atoms with E-state index >= 15 is 0 Å². The maximum atomic E-state index is 5.74. The van der Waals surface area contributed by atoms with Crippen molar-refractivity contribution in [2.45, 2.75) is 13.0 Å². The Labute approximate surface area is 135 Å². The van der Waals surface area contributed by atoms with Crippen LogP contribution >= 0.6 is 23.6 Å². The Morgan fingerprint density at radius 1 is 1.38 bits per heavy atom. The molecule has 0 saturated heterocycles. The van der Waals surface area contributed by atoms with E-state index < -0.39 is 0 Å². The molecular weight excluding hydrogens is 300 g/mol. The molecule has 21 heavy (non-hydrogen) atoms. The van der Waals surface area contributed by atoms with E-state index in [1.807, 2.05) is 24.3 Å². The zero-order valence-corrected chi connectivity index (χ0v) is 13.8. The van der Waals surface area contributed by atoms with Gasteiger partial charge in [0.1, 0.15) is 10.7 Å². The molecule has 3 nitrogen and oxygen atoms in total. The molecule has 1 aromatic carbocycles. The fourth-order valence-electron chi connectivity index (χ4n) is 2.04. The normalized spacial score (nSPS) is 10.8. The number of hydrogen-bond acceptors (Lipinski definition) is 4. The van der Waals surface area contributed by atoms with Crippen molar-refractivity contribution in [3.05, 3.63) is 52.2 Å².